The van der Waals surface area contributed by atoms with Crippen LogP contribution in [0.25, 0.3) is 11.4 Å². The van der Waals surface area contributed by atoms with Gasteiger partial charge >= 0.3 is 0 Å². The summed E-state index contributed by atoms with van der Waals surface area (Å²) in [5.41, 5.74) is 7.39. The van der Waals surface area contributed by atoms with Gasteiger partial charge in [-0.25, -0.2) is 0 Å². The van der Waals surface area contributed by atoms with Crippen LogP contribution in [0.4, 0.5) is 0 Å². The third-order valence-corrected chi connectivity index (χ3v) is 2.81. The summed E-state index contributed by atoms with van der Waals surface area (Å²) < 4.78 is 15.6. The second-order valence-electron chi connectivity index (χ2n) is 3.98. The van der Waals surface area contributed by atoms with Crippen LogP contribution in [-0.4, -0.2) is 23.5 Å². The van der Waals surface area contributed by atoms with Crippen LogP contribution in [0.5, 0.6) is 0 Å². The summed E-state index contributed by atoms with van der Waals surface area (Å²) in [6.07, 6.45) is 0.0175. The minimum absolute atomic E-state index is 0.0175. The van der Waals surface area contributed by atoms with Crippen molar-refractivity contribution in [3.8, 4) is 11.4 Å². The molecule has 1 fully saturated rings. The van der Waals surface area contributed by atoms with Gasteiger partial charge in [0.2, 0.25) is 11.7 Å². The molecule has 0 saturated carbocycles. The van der Waals surface area contributed by atoms with Gasteiger partial charge in [0.25, 0.3) is 0 Å². The van der Waals surface area contributed by atoms with Crippen LogP contribution in [0.1, 0.15) is 17.6 Å². The molecule has 0 amide bonds. The van der Waals surface area contributed by atoms with Crippen molar-refractivity contribution in [2.45, 2.75) is 12.6 Å². The SMILES string of the molecule is NCc1nc(-c2ccc(C3COCO3)cc2)no1. The summed E-state index contributed by atoms with van der Waals surface area (Å²) >= 11 is 0. The highest BCUT2D eigenvalue weighted by Gasteiger charge is 2.18. The van der Waals surface area contributed by atoms with E-state index >= 15 is 0 Å². The number of nitrogens with two attached hydrogens (primary N) is 1. The molecule has 3 rings (SSSR count). The summed E-state index contributed by atoms with van der Waals surface area (Å²) in [4.78, 5) is 4.17. The Morgan fingerprint density at radius 3 is 2.72 bits per heavy atom. The molecule has 18 heavy (non-hydrogen) atoms. The molecule has 0 radical (unpaired) electrons. The molecule has 1 aromatic heterocycles. The summed E-state index contributed by atoms with van der Waals surface area (Å²) in [6, 6.07) is 7.82. The highest BCUT2D eigenvalue weighted by molar-refractivity contribution is 5.54. The van der Waals surface area contributed by atoms with Crippen LogP contribution in [0.3, 0.4) is 0 Å². The lowest BCUT2D eigenvalue weighted by atomic mass is 10.1. The number of nitrogens with zero attached hydrogens (tertiary/aromatic N) is 2. The van der Waals surface area contributed by atoms with Crippen LogP contribution in [0.2, 0.25) is 0 Å². The Morgan fingerprint density at radius 1 is 1.28 bits per heavy atom. The lowest BCUT2D eigenvalue weighted by Crippen LogP contribution is -1.99. The summed E-state index contributed by atoms with van der Waals surface area (Å²) in [7, 11) is 0. The molecular formula is C12H13N3O3. The summed E-state index contributed by atoms with van der Waals surface area (Å²) in [5.74, 6) is 0.979. The van der Waals surface area contributed by atoms with Crippen molar-refractivity contribution in [2.24, 2.45) is 5.73 Å². The van der Waals surface area contributed by atoms with Gasteiger partial charge in [-0.2, -0.15) is 4.98 Å². The first kappa shape index (κ1) is 11.3. The number of aromatic nitrogens is 2. The maximum atomic E-state index is 5.42. The Balaban J connectivity index is 1.81. The largest absolute Gasteiger partial charge is 0.352 e. The molecule has 0 bridgehead atoms. The minimum Gasteiger partial charge on any atom is -0.352 e. The zero-order chi connectivity index (χ0) is 12.4. The monoisotopic (exact) mass is 247 g/mol. The lowest BCUT2D eigenvalue weighted by Gasteiger charge is -2.07. The molecule has 2 aromatic rings. The smallest absolute Gasteiger partial charge is 0.240 e. The molecule has 1 unspecified atom stereocenters. The first-order valence-corrected chi connectivity index (χ1v) is 5.69. The van der Waals surface area contributed by atoms with Crippen molar-refractivity contribution < 1.29 is 14.0 Å². The highest BCUT2D eigenvalue weighted by Crippen LogP contribution is 2.24. The lowest BCUT2D eigenvalue weighted by molar-refractivity contribution is 0.0466. The van der Waals surface area contributed by atoms with Crippen LogP contribution in [0, 0.1) is 0 Å². The van der Waals surface area contributed by atoms with Gasteiger partial charge in [0.1, 0.15) is 12.9 Å². The van der Waals surface area contributed by atoms with Crippen LogP contribution in [-0.2, 0) is 16.0 Å². The summed E-state index contributed by atoms with van der Waals surface area (Å²) in [6.45, 7) is 1.20. The topological polar surface area (TPSA) is 83.4 Å². The van der Waals surface area contributed by atoms with E-state index in [-0.39, 0.29) is 12.6 Å². The molecule has 2 heterocycles. The molecule has 1 aliphatic rings. The Bertz CT molecular complexity index is 518. The predicted molar refractivity (Wildman–Crippen MR) is 62.3 cm³/mol. The van der Waals surface area contributed by atoms with Crippen molar-refractivity contribution in [1.29, 1.82) is 0 Å². The molecule has 1 atom stereocenters. The molecular weight excluding hydrogens is 234 g/mol. The van der Waals surface area contributed by atoms with E-state index in [0.29, 0.717) is 25.1 Å². The number of hydrogen-bond donors (Lipinski definition) is 1. The fraction of sp³-hybridized carbons (Fsp3) is 0.333. The normalized spacial score (nSPS) is 19.3. The molecule has 6 nitrogen and oxygen atoms in total. The number of ether oxygens (including phenoxy) is 2. The number of rotatable bonds is 3. The average molecular weight is 247 g/mol. The Morgan fingerprint density at radius 2 is 2.11 bits per heavy atom. The molecule has 1 aliphatic heterocycles. The van der Waals surface area contributed by atoms with E-state index in [9.17, 15) is 0 Å². The molecule has 94 valence electrons. The van der Waals surface area contributed by atoms with Crippen molar-refractivity contribution in [3.05, 3.63) is 35.7 Å². The van der Waals surface area contributed by atoms with Crippen LogP contribution >= 0.6 is 0 Å². The number of hydrogen-bond acceptors (Lipinski definition) is 6. The average Bonchev–Trinajstić information content (AvgIpc) is 3.10. The van der Waals surface area contributed by atoms with Crippen molar-refractivity contribution in [2.75, 3.05) is 13.4 Å². The zero-order valence-corrected chi connectivity index (χ0v) is 9.70. The third kappa shape index (κ3) is 2.13. The third-order valence-electron chi connectivity index (χ3n) is 2.81. The van der Waals surface area contributed by atoms with Crippen molar-refractivity contribution >= 4 is 0 Å². The van der Waals surface area contributed by atoms with Gasteiger partial charge in [-0.1, -0.05) is 29.4 Å². The maximum absolute atomic E-state index is 5.42. The van der Waals surface area contributed by atoms with E-state index < -0.39 is 0 Å². The van der Waals surface area contributed by atoms with Gasteiger partial charge in [0.15, 0.2) is 0 Å². The maximum Gasteiger partial charge on any atom is 0.240 e. The van der Waals surface area contributed by atoms with E-state index in [0.717, 1.165) is 11.1 Å². The molecule has 1 aromatic carbocycles. The molecule has 6 heteroatoms. The Kier molecular flexibility index (Phi) is 3.06. The fourth-order valence-electron chi connectivity index (χ4n) is 1.83. The van der Waals surface area contributed by atoms with Gasteiger partial charge in [-0.15, -0.1) is 0 Å². The molecule has 2 N–H and O–H groups in total. The molecule has 0 spiro atoms. The van der Waals surface area contributed by atoms with Gasteiger partial charge in [-0.3, -0.25) is 0 Å². The number of benzene rings is 1. The van der Waals surface area contributed by atoms with Gasteiger partial charge in [0, 0.05) is 5.56 Å². The summed E-state index contributed by atoms with van der Waals surface area (Å²) in [5, 5.41) is 3.86. The van der Waals surface area contributed by atoms with E-state index in [1.807, 2.05) is 24.3 Å². The fourth-order valence-corrected chi connectivity index (χ4v) is 1.83. The van der Waals surface area contributed by atoms with E-state index in [1.165, 1.54) is 0 Å². The van der Waals surface area contributed by atoms with E-state index in [1.54, 1.807) is 0 Å². The van der Waals surface area contributed by atoms with Crippen LogP contribution in [0.15, 0.2) is 28.8 Å². The predicted octanol–water partition coefficient (Wildman–Crippen LogP) is 1.24. The first-order valence-electron chi connectivity index (χ1n) is 5.69. The van der Waals surface area contributed by atoms with E-state index in [2.05, 4.69) is 10.1 Å². The Labute approximate surface area is 104 Å². The first-order chi connectivity index (χ1) is 8.86. The molecule has 0 aliphatic carbocycles. The Hall–Kier alpha value is -1.76. The van der Waals surface area contributed by atoms with Gasteiger partial charge in [-0.05, 0) is 5.56 Å². The van der Waals surface area contributed by atoms with Gasteiger partial charge in [0.05, 0.1) is 13.2 Å². The van der Waals surface area contributed by atoms with E-state index in [4.69, 9.17) is 19.7 Å². The molecule has 1 saturated heterocycles. The second kappa shape index (κ2) is 4.85. The minimum atomic E-state index is 0.0175. The quantitative estimate of drug-likeness (QED) is 0.878. The van der Waals surface area contributed by atoms with Crippen molar-refractivity contribution in [1.82, 2.24) is 10.1 Å². The van der Waals surface area contributed by atoms with Crippen LogP contribution < -0.4 is 5.73 Å². The van der Waals surface area contributed by atoms with Crippen molar-refractivity contribution in [3.63, 3.8) is 0 Å². The second-order valence-corrected chi connectivity index (χ2v) is 3.98. The standard InChI is InChI=1S/C12H13N3O3/c13-5-11-14-12(15-18-11)9-3-1-8(2-4-9)10-6-16-7-17-10/h1-4,10H,5-7,13H2. The van der Waals surface area contributed by atoms with Gasteiger partial charge < -0.3 is 19.7 Å². The zero-order valence-electron chi connectivity index (χ0n) is 9.70. The highest BCUT2D eigenvalue weighted by atomic mass is 16.7.